The van der Waals surface area contributed by atoms with Crippen LogP contribution in [0.4, 0.5) is 0 Å². The van der Waals surface area contributed by atoms with E-state index in [4.69, 9.17) is 9.47 Å². The molecule has 0 aromatic heterocycles. The predicted octanol–water partition coefficient (Wildman–Crippen LogP) is 2.79. The van der Waals surface area contributed by atoms with E-state index in [1.54, 1.807) is 6.07 Å². The highest BCUT2D eigenvalue weighted by atomic mass is 16.6. The van der Waals surface area contributed by atoms with Gasteiger partial charge in [-0.25, -0.2) is 0 Å². The van der Waals surface area contributed by atoms with E-state index >= 15 is 0 Å². The Morgan fingerprint density at radius 3 is 2.44 bits per heavy atom. The summed E-state index contributed by atoms with van der Waals surface area (Å²) in [7, 11) is 0. The lowest BCUT2D eigenvalue weighted by molar-refractivity contribution is 0.112. The van der Waals surface area contributed by atoms with Crippen LogP contribution in [0.1, 0.15) is 10.4 Å². The van der Waals surface area contributed by atoms with Gasteiger partial charge in [-0.3, -0.25) is 4.79 Å². The van der Waals surface area contributed by atoms with Crippen LogP contribution in [0.15, 0.2) is 18.2 Å². The second-order valence-corrected chi connectivity index (χ2v) is 4.13. The number of fused-ring (bicyclic) bond motifs is 2. The average molecular weight is 242 g/mol. The average Bonchev–Trinajstić information content (AvgIpc) is 3.22. The van der Waals surface area contributed by atoms with Gasteiger partial charge in [0.2, 0.25) is 11.5 Å². The first-order valence-electron chi connectivity index (χ1n) is 5.28. The number of hydrogen-bond donors (Lipinski definition) is 2. The highest BCUT2D eigenvalue weighted by Gasteiger charge is 2.38. The Labute approximate surface area is 101 Å². The quantitative estimate of drug-likeness (QED) is 0.417. The van der Waals surface area contributed by atoms with Gasteiger partial charge in [0.05, 0.1) is 0 Å². The van der Waals surface area contributed by atoms with Crippen molar-refractivity contribution in [3.05, 3.63) is 23.8 Å². The van der Waals surface area contributed by atoms with Crippen molar-refractivity contribution in [1.82, 2.24) is 0 Å². The van der Waals surface area contributed by atoms with Gasteiger partial charge in [0.1, 0.15) is 0 Å². The molecule has 18 heavy (non-hydrogen) atoms. The van der Waals surface area contributed by atoms with Crippen LogP contribution in [0.25, 0.3) is 11.1 Å². The number of phenolic OH excluding ortho intramolecular Hbond substituents is 2. The van der Waals surface area contributed by atoms with Crippen LogP contribution in [0.2, 0.25) is 0 Å². The molecule has 0 saturated carbocycles. The Morgan fingerprint density at radius 1 is 0.944 bits per heavy atom. The third-order valence-electron chi connectivity index (χ3n) is 3.06. The van der Waals surface area contributed by atoms with Crippen molar-refractivity contribution in [1.29, 1.82) is 0 Å². The molecule has 2 aromatic carbocycles. The number of hydrogen-bond acceptors (Lipinski definition) is 5. The maximum atomic E-state index is 11.1. The van der Waals surface area contributed by atoms with Gasteiger partial charge in [-0.15, -0.1) is 0 Å². The first kappa shape index (κ1) is 9.35. The number of phenols is 2. The number of rotatable bonds is 2. The van der Waals surface area contributed by atoms with Crippen LogP contribution in [0.3, 0.4) is 0 Å². The van der Waals surface area contributed by atoms with Gasteiger partial charge in [-0.05, 0) is 18.2 Å². The molecule has 2 N–H and O–H groups in total. The molecule has 88 valence electrons. The zero-order valence-electron chi connectivity index (χ0n) is 8.93. The first-order valence-corrected chi connectivity index (χ1v) is 5.28. The fraction of sp³-hybridized carbons (Fsp3) is 0. The lowest BCUT2D eigenvalue weighted by Gasteiger charge is -2.00. The maximum Gasteiger partial charge on any atom is 0.212 e. The SMILES string of the molecule is O=Cc1cc(O)c2c(c1-c1ccc(O)c3c1O3)O2. The van der Waals surface area contributed by atoms with E-state index in [1.165, 1.54) is 12.1 Å². The monoisotopic (exact) mass is 242 g/mol. The Morgan fingerprint density at radius 2 is 1.67 bits per heavy atom. The van der Waals surface area contributed by atoms with Gasteiger partial charge in [0, 0.05) is 16.7 Å². The molecule has 5 heteroatoms. The van der Waals surface area contributed by atoms with Gasteiger partial charge in [0.15, 0.2) is 29.3 Å². The number of benzene rings is 2. The summed E-state index contributed by atoms with van der Waals surface area (Å²) in [5.74, 6) is 1.87. The van der Waals surface area contributed by atoms with Crippen LogP contribution >= 0.6 is 0 Å². The molecule has 2 aliphatic heterocycles. The summed E-state index contributed by atoms with van der Waals surface area (Å²) in [4.78, 5) is 11.1. The second kappa shape index (κ2) is 2.76. The highest BCUT2D eigenvalue weighted by Crippen LogP contribution is 2.64. The fourth-order valence-electron chi connectivity index (χ4n) is 2.13. The van der Waals surface area contributed by atoms with E-state index in [0.29, 0.717) is 46.0 Å². The predicted molar refractivity (Wildman–Crippen MR) is 60.7 cm³/mol. The normalized spacial score (nSPS) is 12.9. The van der Waals surface area contributed by atoms with Crippen molar-refractivity contribution in [2.24, 2.45) is 0 Å². The highest BCUT2D eigenvalue weighted by molar-refractivity contribution is 5.99. The lowest BCUT2D eigenvalue weighted by atomic mass is 10.00. The van der Waals surface area contributed by atoms with E-state index in [2.05, 4.69) is 0 Å². The van der Waals surface area contributed by atoms with Gasteiger partial charge in [0.25, 0.3) is 0 Å². The van der Waals surface area contributed by atoms with Gasteiger partial charge in [-0.2, -0.15) is 0 Å². The number of aromatic hydroxyl groups is 2. The minimum absolute atomic E-state index is 0.0448. The third kappa shape index (κ3) is 1.03. The maximum absolute atomic E-state index is 11.1. The van der Waals surface area contributed by atoms with Crippen molar-refractivity contribution in [2.45, 2.75) is 0 Å². The zero-order chi connectivity index (χ0) is 12.4. The van der Waals surface area contributed by atoms with E-state index in [1.807, 2.05) is 0 Å². The number of carbonyl (C=O) groups is 1. The number of aldehydes is 1. The molecule has 2 aromatic rings. The van der Waals surface area contributed by atoms with Crippen molar-refractivity contribution in [3.8, 4) is 45.6 Å². The summed E-state index contributed by atoms with van der Waals surface area (Å²) in [6.07, 6.45) is 0.651. The summed E-state index contributed by atoms with van der Waals surface area (Å²) in [6, 6.07) is 4.51. The molecule has 0 radical (unpaired) electrons. The van der Waals surface area contributed by atoms with Crippen molar-refractivity contribution in [3.63, 3.8) is 0 Å². The molecule has 0 atom stereocenters. The molecule has 0 spiro atoms. The van der Waals surface area contributed by atoms with Gasteiger partial charge < -0.3 is 19.7 Å². The van der Waals surface area contributed by atoms with E-state index < -0.39 is 0 Å². The summed E-state index contributed by atoms with van der Waals surface area (Å²) in [5.41, 5.74) is 1.59. The summed E-state index contributed by atoms with van der Waals surface area (Å²) in [6.45, 7) is 0. The smallest absolute Gasteiger partial charge is 0.212 e. The standard InChI is InChI=1S/C13H6O5/c14-4-5-3-8(16)12-13(18-12)9(5)6-1-2-7(15)11-10(6)17-11/h1-4,15-16H. The first-order chi connectivity index (χ1) is 8.70. The molecule has 0 fully saturated rings. The van der Waals surface area contributed by atoms with Crippen LogP contribution in [0.5, 0.6) is 34.5 Å². The Kier molecular flexibility index (Phi) is 1.43. The van der Waals surface area contributed by atoms with Gasteiger partial charge >= 0.3 is 0 Å². The molecular formula is C13H6O5. The summed E-state index contributed by atoms with van der Waals surface area (Å²) in [5, 5.41) is 19.0. The van der Waals surface area contributed by atoms with Crippen LogP contribution < -0.4 is 9.47 Å². The zero-order valence-corrected chi connectivity index (χ0v) is 8.93. The molecule has 2 aliphatic rings. The molecule has 4 rings (SSSR count). The second-order valence-electron chi connectivity index (χ2n) is 4.13. The third-order valence-corrected chi connectivity index (χ3v) is 3.06. The number of ether oxygens (including phenoxy) is 2. The Hall–Kier alpha value is -2.69. The van der Waals surface area contributed by atoms with E-state index in [0.717, 1.165) is 0 Å². The molecule has 2 heterocycles. The minimum atomic E-state index is -0.0448. The Balaban J connectivity index is 2.00. The topological polar surface area (TPSA) is 82.6 Å². The van der Waals surface area contributed by atoms with Crippen molar-refractivity contribution < 1.29 is 24.5 Å². The molecule has 0 aliphatic carbocycles. The van der Waals surface area contributed by atoms with Crippen LogP contribution in [-0.2, 0) is 0 Å². The van der Waals surface area contributed by atoms with E-state index in [-0.39, 0.29) is 11.5 Å². The molecule has 5 nitrogen and oxygen atoms in total. The largest absolute Gasteiger partial charge is 0.504 e. The number of carbonyl (C=O) groups excluding carboxylic acids is 1. The van der Waals surface area contributed by atoms with Gasteiger partial charge in [-0.1, -0.05) is 0 Å². The summed E-state index contributed by atoms with van der Waals surface area (Å²) < 4.78 is 10.4. The van der Waals surface area contributed by atoms with Crippen molar-refractivity contribution in [2.75, 3.05) is 0 Å². The van der Waals surface area contributed by atoms with Crippen LogP contribution in [0, 0.1) is 0 Å². The van der Waals surface area contributed by atoms with Crippen LogP contribution in [-0.4, -0.2) is 16.5 Å². The summed E-state index contributed by atoms with van der Waals surface area (Å²) >= 11 is 0. The molecule has 0 amide bonds. The molecular weight excluding hydrogens is 236 g/mol. The molecule has 0 unspecified atom stereocenters. The Bertz CT molecular complexity index is 733. The van der Waals surface area contributed by atoms with E-state index in [9.17, 15) is 15.0 Å². The fourth-order valence-corrected chi connectivity index (χ4v) is 2.13. The molecule has 0 saturated heterocycles. The molecule has 0 bridgehead atoms. The lowest BCUT2D eigenvalue weighted by Crippen LogP contribution is -1.83. The minimum Gasteiger partial charge on any atom is -0.504 e. The van der Waals surface area contributed by atoms with Crippen molar-refractivity contribution >= 4 is 6.29 Å².